The number of benzene rings is 2. The summed E-state index contributed by atoms with van der Waals surface area (Å²) < 4.78 is 0. The maximum absolute atomic E-state index is 12.8. The van der Waals surface area contributed by atoms with Gasteiger partial charge in [0.15, 0.2) is 0 Å². The van der Waals surface area contributed by atoms with Gasteiger partial charge in [-0.15, -0.1) is 0 Å². The fourth-order valence-corrected chi connectivity index (χ4v) is 4.05. The number of rotatable bonds is 10. The number of nitrogens with zero attached hydrogens (tertiary/aromatic N) is 1. The van der Waals surface area contributed by atoms with Crippen molar-refractivity contribution in [3.05, 3.63) is 71.3 Å². The van der Waals surface area contributed by atoms with Crippen LogP contribution in [0.2, 0.25) is 0 Å². The monoisotopic (exact) mass is 394 g/mol. The Hall–Kier alpha value is -2.17. The number of nitrogens with one attached hydrogen (secondary N) is 1. The Kier molecular flexibility index (Phi) is 8.72. The third-order valence-corrected chi connectivity index (χ3v) is 5.86. The van der Waals surface area contributed by atoms with Gasteiger partial charge in [-0.25, -0.2) is 0 Å². The van der Waals surface area contributed by atoms with Gasteiger partial charge in [0.2, 0.25) is 0 Å². The molecule has 1 amide bonds. The zero-order chi connectivity index (χ0) is 20.3. The lowest BCUT2D eigenvalue weighted by molar-refractivity contribution is 0.0686. The van der Waals surface area contributed by atoms with E-state index in [2.05, 4.69) is 35.6 Å². The van der Waals surface area contributed by atoms with Crippen molar-refractivity contribution >= 4 is 5.91 Å². The van der Waals surface area contributed by atoms with Crippen LogP contribution in [-0.2, 0) is 13.0 Å². The highest BCUT2D eigenvalue weighted by Crippen LogP contribution is 2.24. The maximum atomic E-state index is 12.8. The number of aliphatic hydroxyl groups excluding tert-OH is 1. The molecule has 0 aliphatic carbocycles. The molecular weight excluding hydrogens is 360 g/mol. The average molecular weight is 395 g/mol. The van der Waals surface area contributed by atoms with Crippen LogP contribution in [0.15, 0.2) is 54.6 Å². The molecule has 0 bridgehead atoms. The molecular formula is C25H34N2O2. The van der Waals surface area contributed by atoms with Crippen molar-refractivity contribution in [3.63, 3.8) is 0 Å². The van der Waals surface area contributed by atoms with Gasteiger partial charge in [-0.1, -0.05) is 42.5 Å². The molecule has 0 spiro atoms. The van der Waals surface area contributed by atoms with E-state index < -0.39 is 0 Å². The molecule has 4 heteroatoms. The Bertz CT molecular complexity index is 722. The lowest BCUT2D eigenvalue weighted by Crippen LogP contribution is -2.38. The Morgan fingerprint density at radius 3 is 2.38 bits per heavy atom. The Morgan fingerprint density at radius 1 is 0.966 bits per heavy atom. The minimum absolute atomic E-state index is 0.160. The first-order chi connectivity index (χ1) is 14.3. The number of likely N-dealkylation sites (tertiary alicyclic amines) is 1. The molecule has 0 atom stereocenters. The van der Waals surface area contributed by atoms with Crippen LogP contribution in [0.1, 0.15) is 53.6 Å². The molecule has 2 aromatic carbocycles. The molecule has 29 heavy (non-hydrogen) atoms. The molecule has 156 valence electrons. The van der Waals surface area contributed by atoms with Crippen molar-refractivity contribution in [1.82, 2.24) is 10.2 Å². The topological polar surface area (TPSA) is 52.6 Å². The minimum Gasteiger partial charge on any atom is -0.396 e. The van der Waals surface area contributed by atoms with Crippen LogP contribution >= 0.6 is 0 Å². The quantitative estimate of drug-likeness (QED) is 0.598. The van der Waals surface area contributed by atoms with Crippen LogP contribution in [0.4, 0.5) is 0 Å². The van der Waals surface area contributed by atoms with Crippen LogP contribution in [0.25, 0.3) is 0 Å². The number of aliphatic hydroxyl groups is 1. The van der Waals surface area contributed by atoms with Gasteiger partial charge in [0.05, 0.1) is 0 Å². The fourth-order valence-electron chi connectivity index (χ4n) is 4.05. The molecule has 4 nitrogen and oxygen atoms in total. The molecule has 0 aromatic heterocycles. The fraction of sp³-hybridized carbons (Fsp3) is 0.480. The van der Waals surface area contributed by atoms with Crippen LogP contribution in [-0.4, -0.2) is 42.2 Å². The molecule has 1 aliphatic heterocycles. The number of carbonyl (C=O) groups is 1. The van der Waals surface area contributed by atoms with Gasteiger partial charge in [0.25, 0.3) is 5.91 Å². The normalized spacial score (nSPS) is 14.9. The van der Waals surface area contributed by atoms with Gasteiger partial charge in [0, 0.05) is 31.8 Å². The second-order valence-corrected chi connectivity index (χ2v) is 8.06. The van der Waals surface area contributed by atoms with Crippen molar-refractivity contribution in [2.24, 2.45) is 5.92 Å². The van der Waals surface area contributed by atoms with Crippen molar-refractivity contribution in [3.8, 4) is 0 Å². The molecule has 0 unspecified atom stereocenters. The number of carbonyl (C=O) groups excluding carboxylic acids is 1. The van der Waals surface area contributed by atoms with Crippen LogP contribution in [0.3, 0.4) is 0 Å². The van der Waals surface area contributed by atoms with Crippen LogP contribution < -0.4 is 5.32 Å². The lowest BCUT2D eigenvalue weighted by Gasteiger charge is -2.32. The SMILES string of the molecule is O=C(c1ccc(CNCCCO)cc1)N1CCC(CCCc2ccccc2)CC1. The third kappa shape index (κ3) is 6.98. The van der Waals surface area contributed by atoms with Crippen molar-refractivity contribution in [2.75, 3.05) is 26.2 Å². The predicted molar refractivity (Wildman–Crippen MR) is 118 cm³/mol. The highest BCUT2D eigenvalue weighted by molar-refractivity contribution is 5.94. The van der Waals surface area contributed by atoms with Crippen molar-refractivity contribution in [2.45, 2.75) is 45.1 Å². The standard InChI is InChI=1S/C25H34N2O2/c28-19-5-16-26-20-23-10-12-24(13-11-23)25(29)27-17-14-22(15-18-27)9-4-8-21-6-2-1-3-7-21/h1-3,6-7,10-13,22,26,28H,4-5,8-9,14-20H2. The first-order valence-electron chi connectivity index (χ1n) is 11.0. The van der Waals surface area contributed by atoms with Crippen molar-refractivity contribution in [1.29, 1.82) is 0 Å². The third-order valence-electron chi connectivity index (χ3n) is 5.86. The second-order valence-electron chi connectivity index (χ2n) is 8.06. The number of hydrogen-bond acceptors (Lipinski definition) is 3. The number of piperidine rings is 1. The summed E-state index contributed by atoms with van der Waals surface area (Å²) in [5.74, 6) is 0.905. The smallest absolute Gasteiger partial charge is 0.253 e. The first-order valence-corrected chi connectivity index (χ1v) is 11.0. The Labute approximate surface area is 174 Å². The average Bonchev–Trinajstić information content (AvgIpc) is 2.78. The molecule has 1 aliphatic rings. The maximum Gasteiger partial charge on any atom is 0.253 e. The molecule has 0 radical (unpaired) electrons. The molecule has 0 saturated carbocycles. The van der Waals surface area contributed by atoms with E-state index in [0.717, 1.165) is 68.9 Å². The molecule has 2 aromatic rings. The van der Waals surface area contributed by atoms with E-state index >= 15 is 0 Å². The molecule has 1 heterocycles. The zero-order valence-corrected chi connectivity index (χ0v) is 17.4. The van der Waals surface area contributed by atoms with Gasteiger partial charge >= 0.3 is 0 Å². The summed E-state index contributed by atoms with van der Waals surface area (Å²) in [6.45, 7) is 3.53. The van der Waals surface area contributed by atoms with E-state index in [0.29, 0.717) is 0 Å². The summed E-state index contributed by atoms with van der Waals surface area (Å²) in [7, 11) is 0. The zero-order valence-electron chi connectivity index (χ0n) is 17.4. The Balaban J connectivity index is 1.38. The molecule has 1 saturated heterocycles. The summed E-state index contributed by atoms with van der Waals surface area (Å²) in [5, 5.41) is 12.1. The molecule has 3 rings (SSSR count). The van der Waals surface area contributed by atoms with E-state index in [1.54, 1.807) is 0 Å². The van der Waals surface area contributed by atoms with E-state index in [4.69, 9.17) is 5.11 Å². The highest BCUT2D eigenvalue weighted by atomic mass is 16.3. The van der Waals surface area contributed by atoms with E-state index in [-0.39, 0.29) is 12.5 Å². The van der Waals surface area contributed by atoms with Gasteiger partial charge in [-0.3, -0.25) is 4.79 Å². The minimum atomic E-state index is 0.160. The summed E-state index contributed by atoms with van der Waals surface area (Å²) in [4.78, 5) is 14.8. The largest absolute Gasteiger partial charge is 0.396 e. The van der Waals surface area contributed by atoms with E-state index in [1.165, 1.54) is 18.4 Å². The van der Waals surface area contributed by atoms with Gasteiger partial charge in [0.1, 0.15) is 0 Å². The summed E-state index contributed by atoms with van der Waals surface area (Å²) in [6.07, 6.45) is 6.64. The summed E-state index contributed by atoms with van der Waals surface area (Å²) in [5.41, 5.74) is 3.37. The van der Waals surface area contributed by atoms with Gasteiger partial charge in [-0.2, -0.15) is 0 Å². The summed E-state index contributed by atoms with van der Waals surface area (Å²) in [6, 6.07) is 18.6. The van der Waals surface area contributed by atoms with Gasteiger partial charge in [-0.05, 0) is 74.2 Å². The van der Waals surface area contributed by atoms with E-state index in [1.807, 2.05) is 29.2 Å². The first kappa shape index (κ1) is 21.5. The van der Waals surface area contributed by atoms with E-state index in [9.17, 15) is 4.79 Å². The molecule has 1 fully saturated rings. The van der Waals surface area contributed by atoms with Gasteiger partial charge < -0.3 is 15.3 Å². The van der Waals surface area contributed by atoms with Crippen molar-refractivity contribution < 1.29 is 9.90 Å². The van der Waals surface area contributed by atoms with Crippen LogP contribution in [0, 0.1) is 5.92 Å². The molecule has 2 N–H and O–H groups in total. The Morgan fingerprint density at radius 2 is 1.69 bits per heavy atom. The lowest BCUT2D eigenvalue weighted by atomic mass is 9.90. The second kappa shape index (κ2) is 11.7. The number of hydrogen-bond donors (Lipinski definition) is 2. The summed E-state index contributed by atoms with van der Waals surface area (Å²) >= 11 is 0. The number of amides is 1. The highest BCUT2D eigenvalue weighted by Gasteiger charge is 2.23. The number of aryl methyl sites for hydroxylation is 1. The van der Waals surface area contributed by atoms with Crippen LogP contribution in [0.5, 0.6) is 0 Å². The predicted octanol–water partition coefficient (Wildman–Crippen LogP) is 4.03.